The number of carbonyl (C=O) groups excluding carboxylic acids is 1. The van der Waals surface area contributed by atoms with E-state index in [0.717, 1.165) is 12.8 Å². The highest BCUT2D eigenvalue weighted by atomic mass is 32.2. The Morgan fingerprint density at radius 3 is 2.81 bits per heavy atom. The van der Waals surface area contributed by atoms with Crippen molar-refractivity contribution < 1.29 is 19.7 Å². The summed E-state index contributed by atoms with van der Waals surface area (Å²) < 4.78 is 5.19. The van der Waals surface area contributed by atoms with Crippen molar-refractivity contribution in [2.75, 3.05) is 31.3 Å². The summed E-state index contributed by atoms with van der Waals surface area (Å²) in [5.74, 6) is 0.702. The van der Waals surface area contributed by atoms with Crippen LogP contribution in [0.3, 0.4) is 0 Å². The molecule has 1 unspecified atom stereocenters. The monoisotopic (exact) mass is 249 g/mol. The summed E-state index contributed by atoms with van der Waals surface area (Å²) in [5.41, 5.74) is 0. The zero-order chi connectivity index (χ0) is 11.8. The molecule has 0 aromatic rings. The number of aliphatic hydroxyl groups is 2. The fourth-order valence-corrected chi connectivity index (χ4v) is 2.22. The Morgan fingerprint density at radius 1 is 1.50 bits per heavy atom. The van der Waals surface area contributed by atoms with E-state index >= 15 is 0 Å². The van der Waals surface area contributed by atoms with E-state index in [1.165, 1.54) is 11.8 Å². The fraction of sp³-hybridized carbons (Fsp3) is 0.900. The Kier molecular flexibility index (Phi) is 6.79. The molecule has 1 heterocycles. The Morgan fingerprint density at radius 2 is 2.19 bits per heavy atom. The largest absolute Gasteiger partial charge is 0.394 e. The number of nitrogens with one attached hydrogen (secondary N) is 1. The predicted octanol–water partition coefficient (Wildman–Crippen LogP) is -0.632. The molecule has 0 bridgehead atoms. The second kappa shape index (κ2) is 7.89. The van der Waals surface area contributed by atoms with Gasteiger partial charge in [-0.1, -0.05) is 0 Å². The average molecular weight is 249 g/mol. The lowest BCUT2D eigenvalue weighted by Gasteiger charge is -2.23. The van der Waals surface area contributed by atoms with E-state index in [2.05, 4.69) is 5.32 Å². The van der Waals surface area contributed by atoms with E-state index in [1.807, 2.05) is 0 Å². The SMILES string of the molecule is O=C(CSCC(O)CO)NC1CCOCC1. The topological polar surface area (TPSA) is 78.8 Å². The Bertz CT molecular complexity index is 209. The first-order chi connectivity index (χ1) is 7.72. The standard InChI is InChI=1S/C10H19NO4S/c12-5-9(13)6-16-7-10(14)11-8-1-3-15-4-2-8/h8-9,12-13H,1-7H2,(H,11,14). The minimum atomic E-state index is -0.735. The van der Waals surface area contributed by atoms with Gasteiger partial charge in [-0.3, -0.25) is 4.79 Å². The normalized spacial score (nSPS) is 19.4. The second-order valence-electron chi connectivity index (χ2n) is 3.81. The number of hydrogen-bond acceptors (Lipinski definition) is 5. The lowest BCUT2D eigenvalue weighted by Crippen LogP contribution is -2.39. The van der Waals surface area contributed by atoms with Crippen LogP contribution in [0.4, 0.5) is 0 Å². The molecule has 94 valence electrons. The summed E-state index contributed by atoms with van der Waals surface area (Å²) in [5, 5.41) is 20.6. The molecule has 16 heavy (non-hydrogen) atoms. The van der Waals surface area contributed by atoms with Gasteiger partial charge in [0.15, 0.2) is 0 Å². The number of hydrogen-bond donors (Lipinski definition) is 3. The van der Waals surface area contributed by atoms with E-state index in [1.54, 1.807) is 0 Å². The summed E-state index contributed by atoms with van der Waals surface area (Å²) in [4.78, 5) is 11.5. The molecule has 0 aromatic heterocycles. The molecule has 0 aliphatic carbocycles. The van der Waals surface area contributed by atoms with Crippen molar-refractivity contribution in [3.63, 3.8) is 0 Å². The third-order valence-corrected chi connectivity index (χ3v) is 3.43. The Labute approximate surface area is 99.6 Å². The molecular weight excluding hydrogens is 230 g/mol. The molecule has 3 N–H and O–H groups in total. The zero-order valence-corrected chi connectivity index (χ0v) is 10.0. The molecule has 1 rings (SSSR count). The maximum absolute atomic E-state index is 11.5. The van der Waals surface area contributed by atoms with Crippen molar-refractivity contribution in [1.29, 1.82) is 0 Å². The summed E-state index contributed by atoms with van der Waals surface area (Å²) in [6.45, 7) is 1.16. The molecule has 1 aliphatic heterocycles. The molecule has 5 nitrogen and oxygen atoms in total. The van der Waals surface area contributed by atoms with Crippen LogP contribution in [0, 0.1) is 0 Å². The number of amides is 1. The van der Waals surface area contributed by atoms with Crippen LogP contribution in [0.25, 0.3) is 0 Å². The second-order valence-corrected chi connectivity index (χ2v) is 4.84. The van der Waals surface area contributed by atoms with Crippen molar-refractivity contribution in [1.82, 2.24) is 5.32 Å². The minimum absolute atomic E-state index is 0.0120. The van der Waals surface area contributed by atoms with Crippen LogP contribution in [0.1, 0.15) is 12.8 Å². The maximum Gasteiger partial charge on any atom is 0.230 e. The highest BCUT2D eigenvalue weighted by molar-refractivity contribution is 7.99. The van der Waals surface area contributed by atoms with Gasteiger partial charge >= 0.3 is 0 Å². The van der Waals surface area contributed by atoms with Crippen molar-refractivity contribution in [2.24, 2.45) is 0 Å². The molecule has 1 amide bonds. The lowest BCUT2D eigenvalue weighted by atomic mass is 10.1. The van der Waals surface area contributed by atoms with Crippen LogP contribution < -0.4 is 5.32 Å². The quantitative estimate of drug-likeness (QED) is 0.584. The molecular formula is C10H19NO4S. The molecule has 1 saturated heterocycles. The van der Waals surface area contributed by atoms with Gasteiger partial charge in [0.1, 0.15) is 0 Å². The highest BCUT2D eigenvalue weighted by Gasteiger charge is 2.15. The molecule has 6 heteroatoms. The van der Waals surface area contributed by atoms with Crippen LogP contribution in [-0.2, 0) is 9.53 Å². The van der Waals surface area contributed by atoms with Crippen LogP contribution >= 0.6 is 11.8 Å². The van der Waals surface area contributed by atoms with E-state index in [4.69, 9.17) is 14.9 Å². The first kappa shape index (κ1) is 13.8. The molecule has 1 aliphatic rings. The molecule has 1 fully saturated rings. The van der Waals surface area contributed by atoms with Crippen molar-refractivity contribution >= 4 is 17.7 Å². The zero-order valence-electron chi connectivity index (χ0n) is 9.22. The molecule has 0 radical (unpaired) electrons. The summed E-state index contributed by atoms with van der Waals surface area (Å²) in [6, 6.07) is 0.226. The maximum atomic E-state index is 11.5. The Hall–Kier alpha value is -0.300. The van der Waals surface area contributed by atoms with Gasteiger partial charge in [0.2, 0.25) is 5.91 Å². The number of rotatable bonds is 6. The third kappa shape index (κ3) is 5.69. The molecule has 0 spiro atoms. The van der Waals surface area contributed by atoms with Gasteiger partial charge in [-0.15, -0.1) is 11.8 Å². The minimum Gasteiger partial charge on any atom is -0.394 e. The first-order valence-corrected chi connectivity index (χ1v) is 6.61. The predicted molar refractivity (Wildman–Crippen MR) is 62.4 cm³/mol. The van der Waals surface area contributed by atoms with Crippen molar-refractivity contribution in [3.05, 3.63) is 0 Å². The third-order valence-electron chi connectivity index (χ3n) is 2.34. The lowest BCUT2D eigenvalue weighted by molar-refractivity contribution is -0.119. The van der Waals surface area contributed by atoms with Gasteiger partial charge in [-0.2, -0.15) is 0 Å². The number of ether oxygens (including phenoxy) is 1. The van der Waals surface area contributed by atoms with Gasteiger partial charge in [-0.05, 0) is 12.8 Å². The highest BCUT2D eigenvalue weighted by Crippen LogP contribution is 2.07. The van der Waals surface area contributed by atoms with Crippen LogP contribution in [0.15, 0.2) is 0 Å². The summed E-state index contributed by atoms with van der Waals surface area (Å²) in [6.07, 6.45) is 1.01. The average Bonchev–Trinajstić information content (AvgIpc) is 2.30. The van der Waals surface area contributed by atoms with Gasteiger partial charge in [0.25, 0.3) is 0 Å². The van der Waals surface area contributed by atoms with E-state index in [9.17, 15) is 4.79 Å². The number of carbonyl (C=O) groups is 1. The molecule has 1 atom stereocenters. The number of aliphatic hydroxyl groups excluding tert-OH is 2. The first-order valence-electron chi connectivity index (χ1n) is 5.46. The van der Waals surface area contributed by atoms with E-state index < -0.39 is 6.10 Å². The fourth-order valence-electron chi connectivity index (χ4n) is 1.45. The van der Waals surface area contributed by atoms with Crippen LogP contribution in [-0.4, -0.2) is 59.6 Å². The van der Waals surface area contributed by atoms with Crippen molar-refractivity contribution in [2.45, 2.75) is 25.0 Å². The van der Waals surface area contributed by atoms with E-state index in [0.29, 0.717) is 24.7 Å². The molecule has 0 aromatic carbocycles. The van der Waals surface area contributed by atoms with E-state index in [-0.39, 0.29) is 18.6 Å². The van der Waals surface area contributed by atoms with Gasteiger partial charge in [-0.25, -0.2) is 0 Å². The van der Waals surface area contributed by atoms with Gasteiger partial charge in [0.05, 0.1) is 18.5 Å². The summed E-state index contributed by atoms with van der Waals surface area (Å²) >= 11 is 1.33. The van der Waals surface area contributed by atoms with Gasteiger partial charge in [0, 0.05) is 25.0 Å². The van der Waals surface area contributed by atoms with Crippen LogP contribution in [0.5, 0.6) is 0 Å². The van der Waals surface area contributed by atoms with Gasteiger partial charge < -0.3 is 20.3 Å². The van der Waals surface area contributed by atoms with Crippen molar-refractivity contribution in [3.8, 4) is 0 Å². The van der Waals surface area contributed by atoms with Crippen LogP contribution in [0.2, 0.25) is 0 Å². The Balaban J connectivity index is 2.05. The smallest absolute Gasteiger partial charge is 0.230 e. The summed E-state index contributed by atoms with van der Waals surface area (Å²) in [7, 11) is 0. The number of thioether (sulfide) groups is 1. The molecule has 0 saturated carbocycles.